The molecule has 4 heteroatoms. The van der Waals surface area contributed by atoms with Gasteiger partial charge in [0.05, 0.1) is 5.02 Å². The molecule has 0 aliphatic heterocycles. The Balaban J connectivity index is 3.31. The molecule has 0 unspecified atom stereocenters. The summed E-state index contributed by atoms with van der Waals surface area (Å²) in [4.78, 5) is 0.353. The summed E-state index contributed by atoms with van der Waals surface area (Å²) in [5, 5.41) is 0.305. The van der Waals surface area contributed by atoms with E-state index in [0.29, 0.717) is 9.92 Å². The lowest BCUT2D eigenvalue weighted by molar-refractivity contribution is 0.625. The van der Waals surface area contributed by atoms with Gasteiger partial charge in [0, 0.05) is 9.92 Å². The highest BCUT2D eigenvalue weighted by atomic mass is 35.5. The van der Waals surface area contributed by atoms with E-state index in [4.69, 9.17) is 23.2 Å². The summed E-state index contributed by atoms with van der Waals surface area (Å²) in [6, 6.07) is 2.62. The first kappa shape index (κ1) is 8.18. The molecule has 0 spiro atoms. The fourth-order valence-corrected chi connectivity index (χ4v) is 1.18. The average Bonchev–Trinajstić information content (AvgIpc) is 1.82. The van der Waals surface area contributed by atoms with E-state index in [1.54, 1.807) is 0 Å². The molecule has 0 saturated heterocycles. The van der Waals surface area contributed by atoms with Crippen molar-refractivity contribution < 1.29 is 4.39 Å². The van der Waals surface area contributed by atoms with E-state index < -0.39 is 5.82 Å². The Morgan fingerprint density at radius 3 is 2.40 bits per heavy atom. The van der Waals surface area contributed by atoms with Crippen LogP contribution >= 0.6 is 35.8 Å². The molecule has 0 heterocycles. The van der Waals surface area contributed by atoms with Crippen molar-refractivity contribution in [3.63, 3.8) is 0 Å². The van der Waals surface area contributed by atoms with E-state index in [-0.39, 0.29) is 5.02 Å². The van der Waals surface area contributed by atoms with Gasteiger partial charge in [0.2, 0.25) is 0 Å². The van der Waals surface area contributed by atoms with Crippen LogP contribution in [0.1, 0.15) is 0 Å². The molecule has 0 saturated carbocycles. The van der Waals surface area contributed by atoms with Crippen molar-refractivity contribution in [2.24, 2.45) is 0 Å². The molecule has 10 heavy (non-hydrogen) atoms. The number of halogens is 3. The molecule has 0 atom stereocenters. The zero-order valence-electron chi connectivity index (χ0n) is 4.74. The minimum Gasteiger partial charge on any atom is -0.205 e. The number of thiol groups is 1. The van der Waals surface area contributed by atoms with Crippen LogP contribution in [0.4, 0.5) is 4.39 Å². The van der Waals surface area contributed by atoms with Gasteiger partial charge in [-0.1, -0.05) is 23.2 Å². The highest BCUT2D eigenvalue weighted by molar-refractivity contribution is 7.80. The maximum absolute atomic E-state index is 12.6. The maximum Gasteiger partial charge on any atom is 0.144 e. The Bertz CT molecular complexity index is 239. The lowest BCUT2D eigenvalue weighted by atomic mass is 10.3. The van der Waals surface area contributed by atoms with Crippen LogP contribution in [-0.2, 0) is 0 Å². The molecule has 0 nitrogen and oxygen atoms in total. The van der Waals surface area contributed by atoms with Gasteiger partial charge in [-0.2, -0.15) is 0 Å². The van der Waals surface area contributed by atoms with Gasteiger partial charge in [-0.3, -0.25) is 0 Å². The summed E-state index contributed by atoms with van der Waals surface area (Å²) in [6.45, 7) is 0. The van der Waals surface area contributed by atoms with Crippen molar-refractivity contribution in [1.29, 1.82) is 0 Å². The van der Waals surface area contributed by atoms with Crippen LogP contribution < -0.4 is 0 Å². The molecule has 0 amide bonds. The Hall–Kier alpha value is 0.0800. The third-order valence-corrected chi connectivity index (χ3v) is 2.06. The number of rotatable bonds is 0. The first-order valence-corrected chi connectivity index (χ1v) is 3.65. The number of hydrogen-bond donors (Lipinski definition) is 1. The number of hydrogen-bond acceptors (Lipinski definition) is 1. The van der Waals surface area contributed by atoms with Gasteiger partial charge < -0.3 is 0 Å². The summed E-state index contributed by atoms with van der Waals surface area (Å²) < 4.78 is 12.6. The van der Waals surface area contributed by atoms with E-state index in [2.05, 4.69) is 12.6 Å². The SMILES string of the molecule is Fc1cc(Cl)cc(S)c1Cl. The van der Waals surface area contributed by atoms with E-state index in [0.717, 1.165) is 6.07 Å². The zero-order valence-corrected chi connectivity index (χ0v) is 7.14. The molecule has 0 fully saturated rings. The standard InChI is InChI=1S/C6H3Cl2FS/c7-3-1-4(9)6(8)5(10)2-3/h1-2,10H. The summed E-state index contributed by atoms with van der Waals surface area (Å²) in [6.07, 6.45) is 0. The van der Waals surface area contributed by atoms with Crippen molar-refractivity contribution >= 4 is 35.8 Å². The minimum absolute atomic E-state index is 0.00716. The van der Waals surface area contributed by atoms with Crippen LogP contribution in [0, 0.1) is 5.82 Å². The van der Waals surface area contributed by atoms with Crippen molar-refractivity contribution in [3.05, 3.63) is 28.0 Å². The van der Waals surface area contributed by atoms with Crippen molar-refractivity contribution in [1.82, 2.24) is 0 Å². The molecule has 0 N–H and O–H groups in total. The average molecular weight is 197 g/mol. The molecular weight excluding hydrogens is 194 g/mol. The Labute approximate surface area is 73.4 Å². The van der Waals surface area contributed by atoms with Crippen molar-refractivity contribution in [2.75, 3.05) is 0 Å². The van der Waals surface area contributed by atoms with E-state index in [1.165, 1.54) is 6.07 Å². The second-order valence-corrected chi connectivity index (χ2v) is 3.02. The van der Waals surface area contributed by atoms with Gasteiger partial charge in [0.15, 0.2) is 0 Å². The van der Waals surface area contributed by atoms with E-state index in [9.17, 15) is 4.39 Å². The Morgan fingerprint density at radius 1 is 1.30 bits per heavy atom. The zero-order chi connectivity index (χ0) is 7.72. The molecule has 54 valence electrons. The van der Waals surface area contributed by atoms with E-state index >= 15 is 0 Å². The van der Waals surface area contributed by atoms with Gasteiger partial charge in [-0.25, -0.2) is 4.39 Å². The number of benzene rings is 1. The molecule has 1 aromatic carbocycles. The smallest absolute Gasteiger partial charge is 0.144 e. The van der Waals surface area contributed by atoms with Crippen LogP contribution in [0.2, 0.25) is 10.0 Å². The molecule has 0 aliphatic rings. The van der Waals surface area contributed by atoms with Crippen molar-refractivity contribution in [3.8, 4) is 0 Å². The first-order valence-electron chi connectivity index (χ1n) is 2.45. The lowest BCUT2D eigenvalue weighted by Crippen LogP contribution is -1.78. The predicted molar refractivity (Wildman–Crippen MR) is 43.7 cm³/mol. The normalized spacial score (nSPS) is 10.0. The van der Waals surface area contributed by atoms with Gasteiger partial charge in [0.1, 0.15) is 5.82 Å². The van der Waals surface area contributed by atoms with Gasteiger partial charge >= 0.3 is 0 Å². The fraction of sp³-hybridized carbons (Fsp3) is 0. The topological polar surface area (TPSA) is 0 Å². The minimum atomic E-state index is -0.542. The first-order chi connectivity index (χ1) is 4.61. The largest absolute Gasteiger partial charge is 0.205 e. The van der Waals surface area contributed by atoms with Gasteiger partial charge in [-0.05, 0) is 12.1 Å². The van der Waals surface area contributed by atoms with Crippen LogP contribution in [0.25, 0.3) is 0 Å². The molecular formula is C6H3Cl2FS. The third kappa shape index (κ3) is 1.57. The Morgan fingerprint density at radius 2 is 1.90 bits per heavy atom. The highest BCUT2D eigenvalue weighted by Crippen LogP contribution is 2.26. The molecule has 1 aromatic rings. The molecule has 1 rings (SSSR count). The fourth-order valence-electron chi connectivity index (χ4n) is 0.542. The predicted octanol–water partition coefficient (Wildman–Crippen LogP) is 3.42. The van der Waals surface area contributed by atoms with Crippen LogP contribution in [-0.4, -0.2) is 0 Å². The van der Waals surface area contributed by atoms with Crippen LogP contribution in [0.3, 0.4) is 0 Å². The van der Waals surface area contributed by atoms with Gasteiger partial charge in [0.25, 0.3) is 0 Å². The molecule has 0 aliphatic carbocycles. The summed E-state index contributed by atoms with van der Waals surface area (Å²) in [5.41, 5.74) is 0. The van der Waals surface area contributed by atoms with Crippen molar-refractivity contribution in [2.45, 2.75) is 4.90 Å². The monoisotopic (exact) mass is 196 g/mol. The van der Waals surface area contributed by atoms with Crippen LogP contribution in [0.15, 0.2) is 17.0 Å². The maximum atomic E-state index is 12.6. The molecule has 0 aromatic heterocycles. The quantitative estimate of drug-likeness (QED) is 0.478. The Kier molecular flexibility index (Phi) is 2.45. The second-order valence-electron chi connectivity index (χ2n) is 1.72. The third-order valence-electron chi connectivity index (χ3n) is 0.974. The summed E-state index contributed by atoms with van der Waals surface area (Å²) in [5.74, 6) is -0.542. The highest BCUT2D eigenvalue weighted by Gasteiger charge is 2.03. The van der Waals surface area contributed by atoms with Gasteiger partial charge in [-0.15, -0.1) is 12.6 Å². The van der Waals surface area contributed by atoms with Crippen LogP contribution in [0.5, 0.6) is 0 Å². The molecule has 0 radical (unpaired) electrons. The lowest BCUT2D eigenvalue weighted by Gasteiger charge is -1.97. The summed E-state index contributed by atoms with van der Waals surface area (Å²) in [7, 11) is 0. The second kappa shape index (κ2) is 2.99. The summed E-state index contributed by atoms with van der Waals surface area (Å²) >= 11 is 14.8. The molecule has 0 bridgehead atoms. The van der Waals surface area contributed by atoms with E-state index in [1.807, 2.05) is 0 Å².